The zero-order valence-electron chi connectivity index (χ0n) is 55.5. The molecule has 0 radical (unpaired) electrons. The average Bonchev–Trinajstić information content (AvgIpc) is 1.63. The van der Waals surface area contributed by atoms with Crippen molar-refractivity contribution in [3.05, 3.63) is 260 Å². The topological polar surface area (TPSA) is 80.6 Å². The van der Waals surface area contributed by atoms with Gasteiger partial charge in [-0.2, -0.15) is 13.2 Å². The second-order valence-corrected chi connectivity index (χ2v) is 25.3. The number of pyridine rings is 3. The van der Waals surface area contributed by atoms with Crippen LogP contribution in [0.5, 0.6) is 5.75 Å². The molecule has 16 heteroatoms. The van der Waals surface area contributed by atoms with Crippen LogP contribution in [0.1, 0.15) is 84.0 Å². The molecule has 0 aliphatic carbocycles. The minimum Gasteiger partial charge on any atom is -0.497 e. The lowest BCUT2D eigenvalue weighted by atomic mass is 10.0. The van der Waals surface area contributed by atoms with Gasteiger partial charge in [-0.15, -0.1) is 0 Å². The number of aryl methyl sites for hydroxylation is 2. The molecule has 16 rings (SSSR count). The molecule has 0 spiro atoms. The van der Waals surface area contributed by atoms with Gasteiger partial charge in [-0.1, -0.05) is 23.3 Å². The molecule has 486 valence electrons. The lowest BCUT2D eigenvalue weighted by Crippen LogP contribution is -2.27. The summed E-state index contributed by atoms with van der Waals surface area (Å²) in [6.45, 7) is 11.7. The monoisotopic (exact) mass is 1290 g/mol. The molecular formula is C81H73F4N11O. The van der Waals surface area contributed by atoms with Crippen LogP contribution in [0.25, 0.3) is 43.6 Å². The number of nitrogens with zero attached hydrogens (tertiary/aromatic N) is 11. The van der Waals surface area contributed by atoms with Crippen molar-refractivity contribution in [2.24, 2.45) is 0 Å². The molecule has 0 bridgehead atoms. The van der Waals surface area contributed by atoms with Gasteiger partial charge < -0.3 is 24.3 Å². The predicted octanol–water partition coefficient (Wildman–Crippen LogP) is 13.9. The molecule has 97 heavy (non-hydrogen) atoms. The standard InChI is InChI=1S/C21H19FN2O.C20H16F3N3.2C20H19N3/c1-23-11-10-21-19(14-23)18-13-16(22)5-8-20(18)24(21)12-9-15-3-6-17(25-2)7-4-15;1-25-9-7-19-17(13-25)16-11-15(20(21,22)23)4-5-18(16)26(19)10-6-14-3-2-8-24-12-14;1-15-3-4-19-17(13-15)18-14-22(2)11-8-20(18)23(19)12-7-16-5-9-21-10-6-16;1-15-5-6-19-17(12-15)18-14-22(2)10-8-20(18)23(19)11-7-16-4-3-9-21-13-16/h3-8,13H,10-11,14H2,1-2H3;2-5,8,11-12H,7,9,13H2,1H3;3-6,9-10,13H,8,11,14H2,1-2H3;3-6,9,12-13H,8,10,14H2,1-2H3. The number of fused-ring (bicyclic) bond motifs is 12. The van der Waals surface area contributed by atoms with E-state index in [9.17, 15) is 17.6 Å². The van der Waals surface area contributed by atoms with Gasteiger partial charge in [0.1, 0.15) is 11.6 Å². The van der Waals surface area contributed by atoms with E-state index in [1.54, 1.807) is 50.2 Å². The molecule has 12 aromatic rings. The Bertz CT molecular complexity index is 5020. The minimum atomic E-state index is -4.36. The normalized spacial score (nSPS) is 14.4. The Balaban J connectivity index is 0.000000117. The molecule has 0 atom stereocenters. The Labute approximate surface area is 563 Å². The fourth-order valence-electron chi connectivity index (χ4n) is 13.3. The summed E-state index contributed by atoms with van der Waals surface area (Å²) in [6.07, 6.45) is 9.89. The lowest BCUT2D eigenvalue weighted by molar-refractivity contribution is -0.137. The SMILES string of the molecule is CN1CCc2c(c3cc(C(F)(F)F)ccc3n2C#Cc2cccnc2)C1.COc1ccc(C#Cn2c3c(c4cc(F)ccc42)CN(C)CC3)cc1.Cc1ccc2c(c1)c1c(n2C#Cc2cccnc2)CCN(C)C1.Cc1ccc2c(c1)c1c(n2C#Cc2ccncc2)CCN(C)C1. The maximum absolute atomic E-state index is 13.8. The Morgan fingerprint density at radius 1 is 0.402 bits per heavy atom. The van der Waals surface area contributed by atoms with E-state index < -0.39 is 11.7 Å². The first kappa shape index (κ1) is 65.0. The molecule has 0 fully saturated rings. The summed E-state index contributed by atoms with van der Waals surface area (Å²) < 4.78 is 66.6. The molecule has 0 saturated heterocycles. The van der Waals surface area contributed by atoms with Gasteiger partial charge in [0.2, 0.25) is 0 Å². The number of hydrogen-bond donors (Lipinski definition) is 0. The minimum absolute atomic E-state index is 0.205. The molecule has 11 heterocycles. The summed E-state index contributed by atoms with van der Waals surface area (Å²) in [7, 11) is 10.1. The Hall–Kier alpha value is -10.7. The summed E-state index contributed by atoms with van der Waals surface area (Å²) in [5.41, 5.74) is 19.6. The maximum atomic E-state index is 13.8. The van der Waals surface area contributed by atoms with Crippen LogP contribution in [-0.4, -0.2) is 114 Å². The van der Waals surface area contributed by atoms with Gasteiger partial charge in [0.15, 0.2) is 0 Å². The van der Waals surface area contributed by atoms with Crippen molar-refractivity contribution in [2.75, 3.05) is 61.5 Å². The first-order valence-corrected chi connectivity index (χ1v) is 32.5. The van der Waals surface area contributed by atoms with Gasteiger partial charge in [-0.05, 0) is 209 Å². The number of benzene rings is 5. The lowest BCUT2D eigenvalue weighted by Gasteiger charge is -2.23. The first-order chi connectivity index (χ1) is 47.0. The summed E-state index contributed by atoms with van der Waals surface area (Å²) in [5.74, 6) is 13.4. The second kappa shape index (κ2) is 28.3. The molecule has 12 nitrogen and oxygen atoms in total. The quantitative estimate of drug-likeness (QED) is 0.119. The van der Waals surface area contributed by atoms with Crippen LogP contribution < -0.4 is 4.74 Å². The average molecular weight is 1290 g/mol. The van der Waals surface area contributed by atoms with E-state index in [1.807, 2.05) is 83.0 Å². The molecule has 0 unspecified atom stereocenters. The second-order valence-electron chi connectivity index (χ2n) is 25.3. The predicted molar refractivity (Wildman–Crippen MR) is 377 cm³/mol. The summed E-state index contributed by atoms with van der Waals surface area (Å²) >= 11 is 0. The van der Waals surface area contributed by atoms with E-state index in [4.69, 9.17) is 4.74 Å². The zero-order valence-corrected chi connectivity index (χ0v) is 55.5. The fraction of sp³-hybridized carbons (Fsp3) is 0.247. The fourth-order valence-corrected chi connectivity index (χ4v) is 13.3. The highest BCUT2D eigenvalue weighted by molar-refractivity contribution is 5.90. The highest BCUT2D eigenvalue weighted by Gasteiger charge is 2.33. The van der Waals surface area contributed by atoms with Gasteiger partial charge in [0, 0.05) is 206 Å². The Kier molecular flexibility index (Phi) is 19.0. The summed E-state index contributed by atoms with van der Waals surface area (Å²) in [4.78, 5) is 21.4. The van der Waals surface area contributed by atoms with E-state index >= 15 is 0 Å². The number of aromatic nitrogens is 7. The Morgan fingerprint density at radius 2 is 0.773 bits per heavy atom. The third kappa shape index (κ3) is 14.3. The van der Waals surface area contributed by atoms with Crippen molar-refractivity contribution >= 4 is 43.6 Å². The van der Waals surface area contributed by atoms with Gasteiger partial charge in [0.25, 0.3) is 0 Å². The van der Waals surface area contributed by atoms with E-state index in [0.29, 0.717) is 11.9 Å². The van der Waals surface area contributed by atoms with Crippen LogP contribution in [0, 0.1) is 67.5 Å². The van der Waals surface area contributed by atoms with Crippen LogP contribution in [-0.2, 0) is 58.0 Å². The van der Waals surface area contributed by atoms with Gasteiger partial charge >= 0.3 is 6.18 Å². The van der Waals surface area contributed by atoms with E-state index in [2.05, 4.69) is 163 Å². The van der Waals surface area contributed by atoms with Gasteiger partial charge in [0.05, 0.1) is 34.7 Å². The highest BCUT2D eigenvalue weighted by Crippen LogP contribution is 2.38. The highest BCUT2D eigenvalue weighted by atomic mass is 19.4. The number of rotatable bonds is 1. The van der Waals surface area contributed by atoms with Gasteiger partial charge in [-0.25, -0.2) is 4.39 Å². The van der Waals surface area contributed by atoms with Crippen molar-refractivity contribution in [1.29, 1.82) is 0 Å². The maximum Gasteiger partial charge on any atom is 0.416 e. The third-order valence-corrected chi connectivity index (χ3v) is 18.3. The molecule has 4 aliphatic heterocycles. The molecule has 5 aromatic carbocycles. The van der Waals surface area contributed by atoms with E-state index in [0.717, 1.165) is 133 Å². The van der Waals surface area contributed by atoms with Crippen LogP contribution in [0.3, 0.4) is 0 Å². The van der Waals surface area contributed by atoms with Crippen molar-refractivity contribution < 1.29 is 22.3 Å². The van der Waals surface area contributed by atoms with E-state index in [-0.39, 0.29) is 5.82 Å². The van der Waals surface area contributed by atoms with Crippen molar-refractivity contribution in [1.82, 2.24) is 52.8 Å². The van der Waals surface area contributed by atoms with Crippen molar-refractivity contribution in [3.8, 4) is 53.6 Å². The Morgan fingerprint density at radius 3 is 1.16 bits per heavy atom. The third-order valence-electron chi connectivity index (χ3n) is 18.3. The van der Waals surface area contributed by atoms with Gasteiger partial charge in [-0.3, -0.25) is 33.2 Å². The number of halogens is 4. The number of ether oxygens (including phenoxy) is 1. The number of hydrogen-bond acceptors (Lipinski definition) is 8. The van der Waals surface area contributed by atoms with Crippen molar-refractivity contribution in [3.63, 3.8) is 0 Å². The molecule has 0 saturated carbocycles. The number of methoxy groups -OCH3 is 1. The molecule has 0 N–H and O–H groups in total. The van der Waals surface area contributed by atoms with Crippen LogP contribution >= 0.6 is 0 Å². The summed E-state index contributed by atoms with van der Waals surface area (Å²) in [6, 6.07) is 54.4. The first-order valence-electron chi connectivity index (χ1n) is 32.5. The molecule has 0 amide bonds. The van der Waals surface area contributed by atoms with Crippen LogP contribution in [0.2, 0.25) is 0 Å². The van der Waals surface area contributed by atoms with E-state index in [1.165, 1.54) is 84.9 Å². The largest absolute Gasteiger partial charge is 0.497 e. The zero-order chi connectivity index (χ0) is 67.3. The number of likely N-dealkylation sites (N-methyl/N-ethyl adjacent to an activating group) is 4. The van der Waals surface area contributed by atoms with Crippen molar-refractivity contribution in [2.45, 2.75) is 71.9 Å². The number of alkyl halides is 3. The molecular weight excluding hydrogens is 1220 g/mol. The molecule has 7 aromatic heterocycles. The van der Waals surface area contributed by atoms with Crippen LogP contribution in [0.4, 0.5) is 17.6 Å². The van der Waals surface area contributed by atoms with Crippen LogP contribution in [0.15, 0.2) is 171 Å². The smallest absolute Gasteiger partial charge is 0.416 e. The molecule has 4 aliphatic rings. The summed E-state index contributed by atoms with van der Waals surface area (Å²) in [5, 5.41) is 4.27.